The molecule has 84 valence electrons. The lowest BCUT2D eigenvalue weighted by atomic mass is 10.2. The van der Waals surface area contributed by atoms with Gasteiger partial charge in [0.1, 0.15) is 0 Å². The number of sulfonamides is 1. The summed E-state index contributed by atoms with van der Waals surface area (Å²) in [6, 6.07) is -0.246. The van der Waals surface area contributed by atoms with Crippen LogP contribution >= 0.6 is 0 Å². The molecule has 14 heavy (non-hydrogen) atoms. The highest BCUT2D eigenvalue weighted by Crippen LogP contribution is 2.08. The molecule has 3 N–H and O–H groups in total. The van der Waals surface area contributed by atoms with Crippen LogP contribution in [-0.2, 0) is 10.0 Å². The van der Waals surface area contributed by atoms with Gasteiger partial charge < -0.3 is 5.73 Å². The van der Waals surface area contributed by atoms with Crippen LogP contribution in [0.1, 0.15) is 26.7 Å². The minimum absolute atomic E-state index is 0.0102. The van der Waals surface area contributed by atoms with E-state index in [1.807, 2.05) is 6.92 Å². The molecule has 0 fully saturated rings. The van der Waals surface area contributed by atoms with E-state index in [0.29, 0.717) is 6.42 Å². The van der Waals surface area contributed by atoms with Crippen LogP contribution in [0.3, 0.4) is 0 Å². The molecule has 0 radical (unpaired) electrons. The highest BCUT2D eigenvalue weighted by molar-refractivity contribution is 7.89. The molecule has 0 aromatic carbocycles. The fraction of sp³-hybridized carbons (Fsp3) is 0.875. The third-order valence-electron chi connectivity index (χ3n) is 2.04. The van der Waals surface area contributed by atoms with Crippen molar-refractivity contribution in [1.82, 2.24) is 4.31 Å². The lowest BCUT2D eigenvalue weighted by Crippen LogP contribution is -2.38. The van der Waals surface area contributed by atoms with Gasteiger partial charge in [-0.2, -0.15) is 0 Å². The second-order valence-corrected chi connectivity index (χ2v) is 5.56. The van der Waals surface area contributed by atoms with Gasteiger partial charge in [0.25, 0.3) is 0 Å². The molecule has 0 aromatic rings. The minimum atomic E-state index is -3.17. The van der Waals surface area contributed by atoms with Gasteiger partial charge >= 0.3 is 0 Å². The van der Waals surface area contributed by atoms with E-state index in [-0.39, 0.29) is 24.1 Å². The molecule has 5 nitrogen and oxygen atoms in total. The van der Waals surface area contributed by atoms with Crippen molar-refractivity contribution < 1.29 is 8.42 Å². The quantitative estimate of drug-likeness (QED) is 0.502. The van der Waals surface area contributed by atoms with Gasteiger partial charge in [-0.15, -0.1) is 0 Å². The fourth-order valence-electron chi connectivity index (χ4n) is 1.12. The van der Waals surface area contributed by atoms with Crippen LogP contribution in [-0.4, -0.2) is 37.4 Å². The number of hydrogen-bond donors (Lipinski definition) is 2. The van der Waals surface area contributed by atoms with Crippen molar-refractivity contribution in [3.8, 4) is 0 Å². The van der Waals surface area contributed by atoms with Crippen molar-refractivity contribution in [2.45, 2.75) is 32.7 Å². The van der Waals surface area contributed by atoms with Gasteiger partial charge in [0.05, 0.1) is 11.6 Å². The molecular formula is C8H19N3O2S. The van der Waals surface area contributed by atoms with Gasteiger partial charge in [-0.1, -0.05) is 6.92 Å². The van der Waals surface area contributed by atoms with Crippen molar-refractivity contribution in [2.75, 3.05) is 12.8 Å². The lowest BCUT2D eigenvalue weighted by Gasteiger charge is -2.23. The Labute approximate surface area is 85.8 Å². The first-order valence-electron chi connectivity index (χ1n) is 4.59. The van der Waals surface area contributed by atoms with Gasteiger partial charge in [-0.05, 0) is 13.3 Å². The first kappa shape index (κ1) is 13.4. The average Bonchev–Trinajstić information content (AvgIpc) is 2.01. The van der Waals surface area contributed by atoms with Gasteiger partial charge in [0.15, 0.2) is 0 Å². The predicted octanol–water partition coefficient (Wildman–Crippen LogP) is 0.373. The van der Waals surface area contributed by atoms with Crippen LogP contribution in [0.4, 0.5) is 0 Å². The average molecular weight is 221 g/mol. The molecule has 1 unspecified atom stereocenters. The molecular weight excluding hydrogens is 202 g/mol. The van der Waals surface area contributed by atoms with Gasteiger partial charge in [-0.3, -0.25) is 5.41 Å². The first-order valence-corrected chi connectivity index (χ1v) is 6.20. The number of nitrogens with two attached hydrogens (primary N) is 1. The normalized spacial score (nSPS) is 14.3. The molecule has 0 saturated heterocycles. The summed E-state index contributed by atoms with van der Waals surface area (Å²) in [5, 5.41) is 7.08. The van der Waals surface area contributed by atoms with E-state index in [4.69, 9.17) is 11.1 Å². The van der Waals surface area contributed by atoms with Crippen LogP contribution in [0, 0.1) is 5.41 Å². The van der Waals surface area contributed by atoms with Crippen LogP contribution in [0.25, 0.3) is 0 Å². The maximum Gasteiger partial charge on any atom is 0.214 e. The Morgan fingerprint density at radius 1 is 1.57 bits per heavy atom. The van der Waals surface area contributed by atoms with Gasteiger partial charge in [0.2, 0.25) is 10.0 Å². The Hall–Kier alpha value is -0.620. The highest BCUT2D eigenvalue weighted by Gasteiger charge is 2.22. The molecule has 0 rings (SSSR count). The minimum Gasteiger partial charge on any atom is -0.388 e. The van der Waals surface area contributed by atoms with Crippen LogP contribution in [0.15, 0.2) is 0 Å². The van der Waals surface area contributed by atoms with Crippen molar-refractivity contribution in [3.05, 3.63) is 0 Å². The van der Waals surface area contributed by atoms with E-state index in [1.54, 1.807) is 6.92 Å². The van der Waals surface area contributed by atoms with Crippen LogP contribution in [0.5, 0.6) is 0 Å². The number of rotatable bonds is 6. The molecule has 0 saturated carbocycles. The van der Waals surface area contributed by atoms with Crippen LogP contribution < -0.4 is 5.73 Å². The number of nitrogens with zero attached hydrogens (tertiary/aromatic N) is 1. The maximum atomic E-state index is 11.6. The SMILES string of the molecule is CCCS(=O)(=O)N(C)C(C)CC(=N)N. The van der Waals surface area contributed by atoms with E-state index < -0.39 is 10.0 Å². The Morgan fingerprint density at radius 3 is 2.43 bits per heavy atom. The van der Waals surface area contributed by atoms with Gasteiger partial charge in [-0.25, -0.2) is 12.7 Å². The zero-order chi connectivity index (χ0) is 11.4. The Kier molecular flexibility index (Phi) is 5.07. The zero-order valence-corrected chi connectivity index (χ0v) is 9.76. The summed E-state index contributed by atoms with van der Waals surface area (Å²) in [5.41, 5.74) is 5.21. The molecule has 0 aliphatic rings. The predicted molar refractivity (Wildman–Crippen MR) is 57.8 cm³/mol. The molecule has 0 amide bonds. The smallest absolute Gasteiger partial charge is 0.214 e. The molecule has 0 aromatic heterocycles. The van der Waals surface area contributed by atoms with Crippen molar-refractivity contribution in [3.63, 3.8) is 0 Å². The first-order chi connectivity index (χ1) is 6.31. The second kappa shape index (κ2) is 5.31. The Bertz CT molecular complexity index is 287. The summed E-state index contributed by atoms with van der Waals surface area (Å²) in [6.07, 6.45) is 0.874. The van der Waals surface area contributed by atoms with E-state index in [0.717, 1.165) is 0 Å². The fourth-order valence-corrected chi connectivity index (χ4v) is 2.55. The van der Waals surface area contributed by atoms with Crippen molar-refractivity contribution >= 4 is 15.9 Å². The summed E-state index contributed by atoms with van der Waals surface area (Å²) < 4.78 is 24.4. The highest BCUT2D eigenvalue weighted by atomic mass is 32.2. The largest absolute Gasteiger partial charge is 0.388 e. The summed E-state index contributed by atoms with van der Waals surface area (Å²) in [6.45, 7) is 3.57. The molecule has 0 bridgehead atoms. The summed E-state index contributed by atoms with van der Waals surface area (Å²) in [4.78, 5) is 0. The molecule has 0 heterocycles. The monoisotopic (exact) mass is 221 g/mol. The van der Waals surface area contributed by atoms with E-state index in [9.17, 15) is 8.42 Å². The third-order valence-corrected chi connectivity index (χ3v) is 4.20. The lowest BCUT2D eigenvalue weighted by molar-refractivity contribution is 0.395. The number of amidine groups is 1. The van der Waals surface area contributed by atoms with E-state index >= 15 is 0 Å². The van der Waals surface area contributed by atoms with E-state index in [1.165, 1.54) is 11.4 Å². The number of hydrogen-bond acceptors (Lipinski definition) is 3. The molecule has 0 spiro atoms. The topological polar surface area (TPSA) is 87.2 Å². The van der Waals surface area contributed by atoms with Gasteiger partial charge in [0, 0.05) is 19.5 Å². The van der Waals surface area contributed by atoms with Crippen molar-refractivity contribution in [1.29, 1.82) is 5.41 Å². The number of nitrogens with one attached hydrogen (secondary N) is 1. The Morgan fingerprint density at radius 2 is 2.07 bits per heavy atom. The summed E-state index contributed by atoms with van der Waals surface area (Å²) >= 11 is 0. The summed E-state index contributed by atoms with van der Waals surface area (Å²) in [7, 11) is -1.65. The Balaban J connectivity index is 4.45. The molecule has 0 aliphatic heterocycles. The molecule has 0 aliphatic carbocycles. The third kappa shape index (κ3) is 4.06. The maximum absolute atomic E-state index is 11.6. The molecule has 1 atom stereocenters. The standard InChI is InChI=1S/C8H19N3O2S/c1-4-5-14(12,13)11(3)7(2)6-8(9)10/h7H,4-6H2,1-3H3,(H3,9,10). The second-order valence-electron chi connectivity index (χ2n) is 3.41. The zero-order valence-electron chi connectivity index (χ0n) is 8.95. The van der Waals surface area contributed by atoms with E-state index in [2.05, 4.69) is 0 Å². The van der Waals surface area contributed by atoms with Crippen LogP contribution in [0.2, 0.25) is 0 Å². The molecule has 6 heteroatoms. The summed E-state index contributed by atoms with van der Waals surface area (Å²) in [5.74, 6) is 0.155. The van der Waals surface area contributed by atoms with Crippen molar-refractivity contribution in [2.24, 2.45) is 5.73 Å².